The summed E-state index contributed by atoms with van der Waals surface area (Å²) in [4.78, 5) is 6.49. The van der Waals surface area contributed by atoms with Gasteiger partial charge in [-0.25, -0.2) is 0 Å². The van der Waals surface area contributed by atoms with Gasteiger partial charge in [-0.05, 0) is 56.8 Å². The van der Waals surface area contributed by atoms with Gasteiger partial charge in [0.25, 0.3) is 0 Å². The molecule has 0 aliphatic heterocycles. The average Bonchev–Trinajstić information content (AvgIpc) is 3.23. The topological polar surface area (TPSA) is 52.8 Å². The summed E-state index contributed by atoms with van der Waals surface area (Å²) < 4.78 is 5.56. The second kappa shape index (κ2) is 8.14. The van der Waals surface area contributed by atoms with Crippen LogP contribution in [0.5, 0.6) is 0 Å². The van der Waals surface area contributed by atoms with Gasteiger partial charge in [0.15, 0.2) is 5.96 Å². The zero-order valence-corrected chi connectivity index (χ0v) is 16.4. The fraction of sp³-hybridized carbons (Fsp3) is 0.450. The molecule has 1 aliphatic carbocycles. The van der Waals surface area contributed by atoms with Crippen LogP contribution in [0.15, 0.2) is 52.1 Å². The van der Waals surface area contributed by atoms with Crippen LogP contribution >= 0.6 is 11.6 Å². The molecular formula is C20H27ClN4O. The second-order valence-electron chi connectivity index (χ2n) is 7.09. The van der Waals surface area contributed by atoms with E-state index in [9.17, 15) is 0 Å². The van der Waals surface area contributed by atoms with Crippen molar-refractivity contribution < 1.29 is 4.42 Å². The van der Waals surface area contributed by atoms with E-state index in [1.165, 1.54) is 18.4 Å². The Hall–Kier alpha value is -1.98. The minimum atomic E-state index is 0.145. The van der Waals surface area contributed by atoms with Gasteiger partial charge in [-0.15, -0.1) is 0 Å². The van der Waals surface area contributed by atoms with Crippen molar-refractivity contribution in [2.45, 2.75) is 24.3 Å². The molecule has 1 aliphatic rings. The van der Waals surface area contributed by atoms with E-state index in [1.54, 1.807) is 13.3 Å². The Morgan fingerprint density at radius 3 is 2.65 bits per heavy atom. The van der Waals surface area contributed by atoms with Crippen LogP contribution in [0.3, 0.4) is 0 Å². The Bertz CT molecular complexity index is 738. The van der Waals surface area contributed by atoms with Crippen LogP contribution in [0, 0.1) is 0 Å². The molecule has 6 heteroatoms. The van der Waals surface area contributed by atoms with Gasteiger partial charge in [-0.1, -0.05) is 23.7 Å². The van der Waals surface area contributed by atoms with Crippen LogP contribution in [0.1, 0.15) is 30.2 Å². The number of likely N-dealkylation sites (N-methyl/N-ethyl adjacent to an activating group) is 1. The van der Waals surface area contributed by atoms with E-state index in [0.717, 1.165) is 23.3 Å². The fourth-order valence-electron chi connectivity index (χ4n) is 3.22. The normalized spacial score (nSPS) is 17.2. The largest absolute Gasteiger partial charge is 0.468 e. The van der Waals surface area contributed by atoms with Gasteiger partial charge in [-0.3, -0.25) is 9.89 Å². The van der Waals surface area contributed by atoms with Crippen LogP contribution in [0.4, 0.5) is 0 Å². The molecule has 0 saturated heterocycles. The molecule has 0 bridgehead atoms. The number of rotatable bonds is 7. The smallest absolute Gasteiger partial charge is 0.191 e. The number of hydrogen-bond acceptors (Lipinski definition) is 3. The summed E-state index contributed by atoms with van der Waals surface area (Å²) in [5, 5.41) is 7.68. The number of halogens is 1. The third kappa shape index (κ3) is 4.40. The first kappa shape index (κ1) is 18.8. The van der Waals surface area contributed by atoms with Crippen molar-refractivity contribution in [2.75, 3.05) is 34.2 Å². The van der Waals surface area contributed by atoms with Gasteiger partial charge in [0.1, 0.15) is 5.76 Å². The minimum absolute atomic E-state index is 0.145. The van der Waals surface area contributed by atoms with Gasteiger partial charge < -0.3 is 15.1 Å². The Kier molecular flexibility index (Phi) is 5.89. The molecule has 1 atom stereocenters. The lowest BCUT2D eigenvalue weighted by Crippen LogP contribution is -2.44. The number of hydrogen-bond donors (Lipinski definition) is 2. The molecule has 1 aromatic heterocycles. The number of nitrogens with zero attached hydrogens (tertiary/aromatic N) is 2. The maximum absolute atomic E-state index is 6.16. The molecule has 1 aromatic carbocycles. The highest BCUT2D eigenvalue weighted by Crippen LogP contribution is 2.48. The molecule has 140 valence electrons. The fourth-order valence-corrected chi connectivity index (χ4v) is 3.41. The van der Waals surface area contributed by atoms with Crippen LogP contribution in [-0.4, -0.2) is 45.1 Å². The second-order valence-corrected chi connectivity index (χ2v) is 7.53. The van der Waals surface area contributed by atoms with Crippen molar-refractivity contribution in [3.63, 3.8) is 0 Å². The van der Waals surface area contributed by atoms with Crippen molar-refractivity contribution in [1.82, 2.24) is 15.5 Å². The first-order valence-electron chi connectivity index (χ1n) is 8.94. The van der Waals surface area contributed by atoms with Gasteiger partial charge in [0.2, 0.25) is 0 Å². The maximum Gasteiger partial charge on any atom is 0.191 e. The standard InChI is InChI=1S/C20H27ClN4O/c1-22-19(23-13-17(25(2)3)18-8-5-11-26-18)24-14-20(9-10-20)15-6-4-7-16(21)12-15/h4-8,11-12,17H,9-10,13-14H2,1-3H3,(H2,22,23,24). The lowest BCUT2D eigenvalue weighted by atomic mass is 9.96. The third-order valence-corrected chi connectivity index (χ3v) is 5.30. The summed E-state index contributed by atoms with van der Waals surface area (Å²) in [6.07, 6.45) is 4.05. The highest BCUT2D eigenvalue weighted by atomic mass is 35.5. The predicted octanol–water partition coefficient (Wildman–Crippen LogP) is 3.43. The van der Waals surface area contributed by atoms with E-state index in [4.69, 9.17) is 16.0 Å². The molecule has 1 fully saturated rings. The molecule has 0 spiro atoms. The molecule has 1 unspecified atom stereocenters. The van der Waals surface area contributed by atoms with Crippen LogP contribution < -0.4 is 10.6 Å². The lowest BCUT2D eigenvalue weighted by Gasteiger charge is -2.24. The van der Waals surface area contributed by atoms with E-state index >= 15 is 0 Å². The lowest BCUT2D eigenvalue weighted by molar-refractivity contribution is 0.258. The van der Waals surface area contributed by atoms with Crippen LogP contribution in [-0.2, 0) is 5.41 Å². The molecule has 1 saturated carbocycles. The predicted molar refractivity (Wildman–Crippen MR) is 107 cm³/mol. The summed E-state index contributed by atoms with van der Waals surface area (Å²) in [7, 11) is 5.89. The van der Waals surface area contributed by atoms with E-state index in [0.29, 0.717) is 6.54 Å². The van der Waals surface area contributed by atoms with Crippen LogP contribution in [0.25, 0.3) is 0 Å². The minimum Gasteiger partial charge on any atom is -0.468 e. The molecule has 1 heterocycles. The Balaban J connectivity index is 1.57. The highest BCUT2D eigenvalue weighted by molar-refractivity contribution is 6.30. The zero-order valence-electron chi connectivity index (χ0n) is 15.6. The molecule has 0 amide bonds. The zero-order chi connectivity index (χ0) is 18.6. The first-order chi connectivity index (χ1) is 12.5. The molecule has 3 rings (SSSR count). The van der Waals surface area contributed by atoms with Crippen molar-refractivity contribution in [3.05, 3.63) is 59.0 Å². The first-order valence-corrected chi connectivity index (χ1v) is 9.32. The third-order valence-electron chi connectivity index (χ3n) is 5.07. The number of nitrogens with one attached hydrogen (secondary N) is 2. The number of furan rings is 1. The Morgan fingerprint density at radius 1 is 1.27 bits per heavy atom. The highest BCUT2D eigenvalue weighted by Gasteiger charge is 2.44. The van der Waals surface area contributed by atoms with Crippen LogP contribution in [0.2, 0.25) is 5.02 Å². The monoisotopic (exact) mass is 374 g/mol. The Morgan fingerprint density at radius 2 is 2.08 bits per heavy atom. The summed E-state index contributed by atoms with van der Waals surface area (Å²) in [6, 6.07) is 12.2. The molecule has 2 N–H and O–H groups in total. The molecule has 26 heavy (non-hydrogen) atoms. The van der Waals surface area contributed by atoms with Crippen molar-refractivity contribution >= 4 is 17.6 Å². The maximum atomic E-state index is 6.16. The number of aliphatic imine (C=N–C) groups is 1. The van der Waals surface area contributed by atoms with Gasteiger partial charge in [0, 0.05) is 30.6 Å². The van der Waals surface area contributed by atoms with E-state index in [1.807, 2.05) is 38.4 Å². The van der Waals surface area contributed by atoms with Gasteiger partial charge in [-0.2, -0.15) is 0 Å². The summed E-state index contributed by atoms with van der Waals surface area (Å²) in [6.45, 7) is 1.56. The molecule has 0 radical (unpaired) electrons. The molecule has 5 nitrogen and oxygen atoms in total. The molecule has 2 aromatic rings. The van der Waals surface area contributed by atoms with E-state index in [2.05, 4.69) is 32.7 Å². The number of guanidine groups is 1. The molecular weight excluding hydrogens is 348 g/mol. The number of benzene rings is 1. The summed E-state index contributed by atoms with van der Waals surface area (Å²) >= 11 is 6.16. The SMILES string of the molecule is CN=C(NCC(c1ccco1)N(C)C)NCC1(c2cccc(Cl)c2)CC1. The Labute approximate surface area is 160 Å². The quantitative estimate of drug-likeness (QED) is 0.576. The summed E-state index contributed by atoms with van der Waals surface area (Å²) in [5.74, 6) is 1.74. The van der Waals surface area contributed by atoms with Crippen molar-refractivity contribution in [1.29, 1.82) is 0 Å². The van der Waals surface area contributed by atoms with E-state index < -0.39 is 0 Å². The van der Waals surface area contributed by atoms with Gasteiger partial charge in [0.05, 0.1) is 12.3 Å². The van der Waals surface area contributed by atoms with Gasteiger partial charge >= 0.3 is 0 Å². The summed E-state index contributed by atoms with van der Waals surface area (Å²) in [5.41, 5.74) is 1.47. The average molecular weight is 375 g/mol. The van der Waals surface area contributed by atoms with E-state index in [-0.39, 0.29) is 11.5 Å². The van der Waals surface area contributed by atoms with Crippen molar-refractivity contribution in [2.24, 2.45) is 4.99 Å². The van der Waals surface area contributed by atoms with Crippen molar-refractivity contribution in [3.8, 4) is 0 Å².